The van der Waals surface area contributed by atoms with Crippen molar-refractivity contribution in [2.45, 2.75) is 27.9 Å². The van der Waals surface area contributed by atoms with Crippen LogP contribution >= 0.6 is 0 Å². The molecule has 3 nitrogen and oxygen atoms in total. The first-order valence-electron chi connectivity index (χ1n) is 3.02. The van der Waals surface area contributed by atoms with E-state index in [0.29, 0.717) is 13.2 Å². The molecule has 0 aliphatic heterocycles. The Morgan fingerprint density at radius 3 is 2.27 bits per heavy atom. The molecule has 0 heterocycles. The summed E-state index contributed by atoms with van der Waals surface area (Å²) in [5.74, 6) is 0. The molecule has 0 saturated heterocycles. The van der Waals surface area contributed by atoms with Gasteiger partial charge < -0.3 is 14.6 Å². The minimum absolute atomic E-state index is 0. The third kappa shape index (κ3) is 13.0. The number of hydrogen-bond acceptors (Lipinski definition) is 3. The van der Waals surface area contributed by atoms with Crippen LogP contribution in [0, 0.1) is 0 Å². The van der Waals surface area contributed by atoms with Gasteiger partial charge in [-0.25, -0.2) is 0 Å². The minimum Gasteiger partial charge on any atom is -0.394 e. The lowest BCUT2D eigenvalue weighted by Crippen LogP contribution is -2.15. The summed E-state index contributed by atoms with van der Waals surface area (Å²) in [5.41, 5.74) is 0. The van der Waals surface area contributed by atoms with Crippen molar-refractivity contribution in [2.75, 3.05) is 26.9 Å². The molecule has 0 aromatic heterocycles. The van der Waals surface area contributed by atoms with E-state index in [1.54, 1.807) is 7.11 Å². The van der Waals surface area contributed by atoms with E-state index in [0.717, 1.165) is 0 Å². The van der Waals surface area contributed by atoms with Gasteiger partial charge in [0.1, 0.15) is 0 Å². The first-order valence-corrected chi connectivity index (χ1v) is 3.02. The third-order valence-electron chi connectivity index (χ3n) is 0.991. The molecule has 0 fully saturated rings. The monoisotopic (exact) mass is 166 g/mol. The van der Waals surface area contributed by atoms with Crippen LogP contribution in [-0.2, 0) is 9.47 Å². The lowest BCUT2D eigenvalue weighted by Gasteiger charge is -2.08. The Bertz CT molecular complexity index is 57.3. The Morgan fingerprint density at radius 2 is 1.91 bits per heavy atom. The molecule has 0 amide bonds. The molecule has 0 aromatic rings. The van der Waals surface area contributed by atoms with Gasteiger partial charge in [0.15, 0.2) is 0 Å². The number of ether oxygens (including phenoxy) is 2. The molecule has 3 heteroatoms. The summed E-state index contributed by atoms with van der Waals surface area (Å²) in [5, 5.41) is 8.29. The van der Waals surface area contributed by atoms with Crippen LogP contribution in [-0.4, -0.2) is 38.1 Å². The molecule has 0 saturated carbocycles. The highest BCUT2D eigenvalue weighted by molar-refractivity contribution is 4.43. The van der Waals surface area contributed by atoms with Gasteiger partial charge in [-0.15, -0.1) is 0 Å². The standard InChI is InChI=1S/C6H14O3.2CH4/c1-6(8-2)5-9-4-3-7;;/h6-7H,3-5H2,1-2H3;2*1H4. The lowest BCUT2D eigenvalue weighted by atomic mass is 10.4. The topological polar surface area (TPSA) is 38.7 Å². The quantitative estimate of drug-likeness (QED) is 0.626. The zero-order valence-corrected chi connectivity index (χ0v) is 5.96. The van der Waals surface area contributed by atoms with Crippen molar-refractivity contribution in [3.63, 3.8) is 0 Å². The first-order chi connectivity index (χ1) is 4.31. The Kier molecular flexibility index (Phi) is 19.5. The van der Waals surface area contributed by atoms with Crippen molar-refractivity contribution in [3.05, 3.63) is 0 Å². The second-order valence-corrected chi connectivity index (χ2v) is 1.84. The van der Waals surface area contributed by atoms with E-state index < -0.39 is 0 Å². The molecule has 0 rings (SSSR count). The van der Waals surface area contributed by atoms with Crippen LogP contribution in [0.5, 0.6) is 0 Å². The average molecular weight is 166 g/mol. The average Bonchev–Trinajstić information content (AvgIpc) is 1.89. The van der Waals surface area contributed by atoms with E-state index in [4.69, 9.17) is 14.6 Å². The van der Waals surface area contributed by atoms with E-state index in [1.807, 2.05) is 6.92 Å². The van der Waals surface area contributed by atoms with Gasteiger partial charge in [-0.1, -0.05) is 14.9 Å². The SMILES string of the molecule is C.C.COC(C)COCCO. The van der Waals surface area contributed by atoms with Crippen LogP contribution in [0.3, 0.4) is 0 Å². The lowest BCUT2D eigenvalue weighted by molar-refractivity contribution is 0.00701. The van der Waals surface area contributed by atoms with E-state index in [9.17, 15) is 0 Å². The summed E-state index contributed by atoms with van der Waals surface area (Å²) < 4.78 is 9.85. The first kappa shape index (κ1) is 17.1. The van der Waals surface area contributed by atoms with E-state index in [-0.39, 0.29) is 27.6 Å². The van der Waals surface area contributed by atoms with Crippen molar-refractivity contribution in [1.29, 1.82) is 0 Å². The van der Waals surface area contributed by atoms with E-state index in [1.165, 1.54) is 0 Å². The van der Waals surface area contributed by atoms with Crippen molar-refractivity contribution < 1.29 is 14.6 Å². The zero-order chi connectivity index (χ0) is 7.11. The molecule has 1 N–H and O–H groups in total. The smallest absolute Gasteiger partial charge is 0.0776 e. The Labute approximate surface area is 70.3 Å². The normalized spacial score (nSPS) is 11.2. The Morgan fingerprint density at radius 1 is 1.36 bits per heavy atom. The van der Waals surface area contributed by atoms with Crippen LogP contribution in [0.25, 0.3) is 0 Å². The number of aliphatic hydroxyl groups is 1. The summed E-state index contributed by atoms with van der Waals surface area (Å²) >= 11 is 0. The molecule has 0 aliphatic carbocycles. The van der Waals surface area contributed by atoms with E-state index >= 15 is 0 Å². The Balaban J connectivity index is -0.000000320. The van der Waals surface area contributed by atoms with Crippen LogP contribution in [0.4, 0.5) is 0 Å². The maximum Gasteiger partial charge on any atom is 0.0776 e. The molecular weight excluding hydrogens is 144 g/mol. The summed E-state index contributed by atoms with van der Waals surface area (Å²) in [6.07, 6.45) is 0.122. The molecule has 72 valence electrons. The van der Waals surface area contributed by atoms with Gasteiger partial charge in [-0.3, -0.25) is 0 Å². The van der Waals surface area contributed by atoms with Gasteiger partial charge in [0.25, 0.3) is 0 Å². The van der Waals surface area contributed by atoms with Crippen molar-refractivity contribution >= 4 is 0 Å². The maximum absolute atomic E-state index is 8.29. The molecule has 11 heavy (non-hydrogen) atoms. The van der Waals surface area contributed by atoms with Crippen LogP contribution in [0.2, 0.25) is 0 Å². The molecule has 1 unspecified atom stereocenters. The molecule has 0 radical (unpaired) electrons. The second-order valence-electron chi connectivity index (χ2n) is 1.84. The van der Waals surface area contributed by atoms with Gasteiger partial charge in [-0.05, 0) is 6.92 Å². The third-order valence-corrected chi connectivity index (χ3v) is 0.991. The number of hydrogen-bond donors (Lipinski definition) is 1. The number of aliphatic hydroxyl groups excluding tert-OH is 1. The largest absolute Gasteiger partial charge is 0.394 e. The van der Waals surface area contributed by atoms with Crippen LogP contribution in [0.1, 0.15) is 21.8 Å². The van der Waals surface area contributed by atoms with Crippen LogP contribution in [0.15, 0.2) is 0 Å². The molecule has 0 aliphatic rings. The molecule has 0 aromatic carbocycles. The predicted octanol–water partition coefficient (Wildman–Crippen LogP) is 1.30. The molecule has 1 atom stereocenters. The molecule has 0 spiro atoms. The van der Waals surface area contributed by atoms with Gasteiger partial charge in [0.05, 0.1) is 25.9 Å². The molecular formula is C8H22O3. The van der Waals surface area contributed by atoms with Gasteiger partial charge >= 0.3 is 0 Å². The fourth-order valence-electron chi connectivity index (χ4n) is 0.382. The second kappa shape index (κ2) is 12.5. The van der Waals surface area contributed by atoms with Crippen molar-refractivity contribution in [3.8, 4) is 0 Å². The summed E-state index contributed by atoms with van der Waals surface area (Å²) in [7, 11) is 1.63. The maximum atomic E-state index is 8.29. The number of methoxy groups -OCH3 is 1. The fraction of sp³-hybridized carbons (Fsp3) is 1.00. The highest BCUT2D eigenvalue weighted by Crippen LogP contribution is 1.87. The highest BCUT2D eigenvalue weighted by atomic mass is 16.5. The summed E-state index contributed by atoms with van der Waals surface area (Å²) in [6.45, 7) is 2.94. The van der Waals surface area contributed by atoms with Crippen LogP contribution < -0.4 is 0 Å². The predicted molar refractivity (Wildman–Crippen MR) is 47.8 cm³/mol. The van der Waals surface area contributed by atoms with Crippen molar-refractivity contribution in [1.82, 2.24) is 0 Å². The van der Waals surface area contributed by atoms with Gasteiger partial charge in [0, 0.05) is 7.11 Å². The summed E-state index contributed by atoms with van der Waals surface area (Å²) in [4.78, 5) is 0. The minimum atomic E-state index is 0. The van der Waals surface area contributed by atoms with Gasteiger partial charge in [-0.2, -0.15) is 0 Å². The fourth-order valence-corrected chi connectivity index (χ4v) is 0.382. The van der Waals surface area contributed by atoms with Crippen molar-refractivity contribution in [2.24, 2.45) is 0 Å². The van der Waals surface area contributed by atoms with Gasteiger partial charge in [0.2, 0.25) is 0 Å². The highest BCUT2D eigenvalue weighted by Gasteiger charge is 1.96. The molecule has 0 bridgehead atoms. The zero-order valence-electron chi connectivity index (χ0n) is 5.96. The Hall–Kier alpha value is -0.120. The van der Waals surface area contributed by atoms with E-state index in [2.05, 4.69) is 0 Å². The number of rotatable bonds is 5. The summed E-state index contributed by atoms with van der Waals surface area (Å²) in [6, 6.07) is 0.